The van der Waals surface area contributed by atoms with Crippen LogP contribution in [-0.4, -0.2) is 28.9 Å². The molecule has 0 radical (unpaired) electrons. The summed E-state index contributed by atoms with van der Waals surface area (Å²) in [4.78, 5) is 21.1. The van der Waals surface area contributed by atoms with Gasteiger partial charge in [-0.3, -0.25) is 14.9 Å². The molecule has 1 amide bonds. The predicted octanol–water partition coefficient (Wildman–Crippen LogP) is 1.30. The summed E-state index contributed by atoms with van der Waals surface area (Å²) in [5, 5.41) is 21.5. The molecule has 0 aliphatic carbocycles. The molecule has 1 aromatic carbocycles. The van der Waals surface area contributed by atoms with Gasteiger partial charge in [0.25, 0.3) is 18.0 Å². The van der Waals surface area contributed by atoms with Crippen molar-refractivity contribution in [3.05, 3.63) is 33.9 Å². The summed E-state index contributed by atoms with van der Waals surface area (Å²) in [7, 11) is 0. The normalized spacial score (nSPS) is 10.3. The molecule has 0 unspecified atom stereocenters. The lowest BCUT2D eigenvalue weighted by atomic mass is 10.1. The number of amides is 1. The molecule has 92 valence electrons. The summed E-state index contributed by atoms with van der Waals surface area (Å²) in [5.41, 5.74) is -1.02. The molecule has 0 bridgehead atoms. The van der Waals surface area contributed by atoms with E-state index in [1.807, 2.05) is 5.32 Å². The topological polar surface area (TPSA) is 92.5 Å². The number of carbonyl (C=O) groups excluding carboxylic acids is 1. The Labute approximate surface area is 94.0 Å². The fourth-order valence-electron chi connectivity index (χ4n) is 1.13. The zero-order valence-corrected chi connectivity index (χ0v) is 8.39. The van der Waals surface area contributed by atoms with Crippen LogP contribution in [0.15, 0.2) is 18.2 Å². The maximum atomic E-state index is 11.9. The van der Waals surface area contributed by atoms with E-state index in [2.05, 4.69) is 0 Å². The van der Waals surface area contributed by atoms with E-state index in [-0.39, 0.29) is 5.75 Å². The SMILES string of the molecule is O=C(NCC(F)F)c1cc(O)ccc1[N+](=O)[O-]. The number of halogens is 2. The number of rotatable bonds is 4. The Bertz CT molecular complexity index is 451. The highest BCUT2D eigenvalue weighted by atomic mass is 19.3. The van der Waals surface area contributed by atoms with Gasteiger partial charge in [0.15, 0.2) is 0 Å². The number of hydrogen-bond acceptors (Lipinski definition) is 4. The standard InChI is InChI=1S/C9H8F2N2O4/c10-8(11)4-12-9(15)6-3-5(14)1-2-7(6)13(16)17/h1-3,8,14H,4H2,(H,12,15). The molecule has 0 saturated carbocycles. The third-order valence-corrected chi connectivity index (χ3v) is 1.84. The van der Waals surface area contributed by atoms with Crippen LogP contribution >= 0.6 is 0 Å². The van der Waals surface area contributed by atoms with Gasteiger partial charge in [-0.2, -0.15) is 0 Å². The monoisotopic (exact) mass is 246 g/mol. The molecular formula is C9H8F2N2O4. The molecule has 0 atom stereocenters. The fourth-order valence-corrected chi connectivity index (χ4v) is 1.13. The summed E-state index contributed by atoms with van der Waals surface area (Å²) >= 11 is 0. The maximum absolute atomic E-state index is 11.9. The average molecular weight is 246 g/mol. The molecule has 6 nitrogen and oxygen atoms in total. The van der Waals surface area contributed by atoms with E-state index in [1.165, 1.54) is 0 Å². The Hall–Kier alpha value is -2.25. The van der Waals surface area contributed by atoms with E-state index in [1.54, 1.807) is 0 Å². The molecule has 0 fully saturated rings. The van der Waals surface area contributed by atoms with Crippen molar-refractivity contribution >= 4 is 11.6 Å². The minimum absolute atomic E-state index is 0.363. The Balaban J connectivity index is 2.98. The third-order valence-electron chi connectivity index (χ3n) is 1.84. The third kappa shape index (κ3) is 3.37. The molecule has 0 aromatic heterocycles. The quantitative estimate of drug-likeness (QED) is 0.618. The molecular weight excluding hydrogens is 238 g/mol. The number of hydrogen-bond donors (Lipinski definition) is 2. The number of aromatic hydroxyl groups is 1. The second kappa shape index (κ2) is 5.19. The van der Waals surface area contributed by atoms with Crippen LogP contribution < -0.4 is 5.32 Å². The Morgan fingerprint density at radius 2 is 2.18 bits per heavy atom. The molecule has 17 heavy (non-hydrogen) atoms. The van der Waals surface area contributed by atoms with Crippen molar-refractivity contribution in [1.82, 2.24) is 5.32 Å². The number of carbonyl (C=O) groups is 1. The van der Waals surface area contributed by atoms with Crippen LogP contribution in [0.4, 0.5) is 14.5 Å². The van der Waals surface area contributed by atoms with E-state index >= 15 is 0 Å². The van der Waals surface area contributed by atoms with Gasteiger partial charge in [-0.25, -0.2) is 8.78 Å². The minimum atomic E-state index is -2.75. The number of phenols is 1. The highest BCUT2D eigenvalue weighted by Gasteiger charge is 2.21. The lowest BCUT2D eigenvalue weighted by Crippen LogP contribution is -2.28. The van der Waals surface area contributed by atoms with Gasteiger partial charge in [0.1, 0.15) is 11.3 Å². The zero-order chi connectivity index (χ0) is 13.0. The van der Waals surface area contributed by atoms with Gasteiger partial charge in [0.2, 0.25) is 0 Å². The molecule has 0 heterocycles. The molecule has 0 aliphatic rings. The second-order valence-electron chi connectivity index (χ2n) is 3.06. The number of phenolic OH excluding ortho intramolecular Hbond substituents is 1. The second-order valence-corrected chi connectivity index (χ2v) is 3.06. The van der Waals surface area contributed by atoms with Gasteiger partial charge in [0.05, 0.1) is 11.5 Å². The van der Waals surface area contributed by atoms with Crippen LogP contribution in [0.3, 0.4) is 0 Å². The van der Waals surface area contributed by atoms with Crippen molar-refractivity contribution in [3.63, 3.8) is 0 Å². The van der Waals surface area contributed by atoms with Gasteiger partial charge >= 0.3 is 0 Å². The number of nitrogens with one attached hydrogen (secondary N) is 1. The van der Waals surface area contributed by atoms with Crippen molar-refractivity contribution in [2.24, 2.45) is 0 Å². The highest BCUT2D eigenvalue weighted by Crippen LogP contribution is 2.23. The lowest BCUT2D eigenvalue weighted by molar-refractivity contribution is -0.385. The van der Waals surface area contributed by atoms with E-state index in [4.69, 9.17) is 5.11 Å². The zero-order valence-electron chi connectivity index (χ0n) is 8.39. The van der Waals surface area contributed by atoms with E-state index in [0.717, 1.165) is 18.2 Å². The summed E-state index contributed by atoms with van der Waals surface area (Å²) in [6, 6.07) is 2.80. The van der Waals surface area contributed by atoms with Crippen molar-refractivity contribution in [1.29, 1.82) is 0 Å². The number of nitrogens with zero attached hydrogens (tertiary/aromatic N) is 1. The highest BCUT2D eigenvalue weighted by molar-refractivity contribution is 5.98. The first-order chi connectivity index (χ1) is 7.91. The van der Waals surface area contributed by atoms with E-state index in [9.17, 15) is 23.7 Å². The first kappa shape index (κ1) is 12.8. The summed E-state index contributed by atoms with van der Waals surface area (Å²) in [6.07, 6.45) is -2.75. The van der Waals surface area contributed by atoms with Crippen LogP contribution in [0.2, 0.25) is 0 Å². The number of benzene rings is 1. The van der Waals surface area contributed by atoms with E-state index < -0.39 is 35.1 Å². The average Bonchev–Trinajstić information content (AvgIpc) is 2.25. The molecule has 0 spiro atoms. The summed E-state index contributed by atoms with van der Waals surface area (Å²) in [5.74, 6) is -1.40. The molecule has 1 aromatic rings. The number of nitro groups is 1. The number of nitro benzene ring substituents is 1. The molecule has 0 aliphatic heterocycles. The Morgan fingerprint density at radius 1 is 1.53 bits per heavy atom. The van der Waals surface area contributed by atoms with Gasteiger partial charge in [-0.05, 0) is 12.1 Å². The minimum Gasteiger partial charge on any atom is -0.508 e. The smallest absolute Gasteiger partial charge is 0.282 e. The van der Waals surface area contributed by atoms with Crippen molar-refractivity contribution in [3.8, 4) is 5.75 Å². The van der Waals surface area contributed by atoms with Gasteiger partial charge in [-0.1, -0.05) is 0 Å². The van der Waals surface area contributed by atoms with Crippen molar-refractivity contribution in [2.75, 3.05) is 6.54 Å². The van der Waals surface area contributed by atoms with Crippen molar-refractivity contribution < 1.29 is 23.6 Å². The first-order valence-corrected chi connectivity index (χ1v) is 4.45. The van der Waals surface area contributed by atoms with Crippen LogP contribution in [0.5, 0.6) is 5.75 Å². The van der Waals surface area contributed by atoms with Gasteiger partial charge < -0.3 is 10.4 Å². The predicted molar refractivity (Wildman–Crippen MR) is 53.1 cm³/mol. The largest absolute Gasteiger partial charge is 0.508 e. The first-order valence-electron chi connectivity index (χ1n) is 4.45. The van der Waals surface area contributed by atoms with Gasteiger partial charge in [0, 0.05) is 6.07 Å². The fraction of sp³-hybridized carbons (Fsp3) is 0.222. The van der Waals surface area contributed by atoms with Crippen LogP contribution in [-0.2, 0) is 0 Å². The Morgan fingerprint density at radius 3 is 2.71 bits per heavy atom. The van der Waals surface area contributed by atoms with E-state index in [0.29, 0.717) is 0 Å². The molecule has 1 rings (SSSR count). The maximum Gasteiger partial charge on any atom is 0.282 e. The van der Waals surface area contributed by atoms with Crippen LogP contribution in [0, 0.1) is 10.1 Å². The number of alkyl halides is 2. The molecule has 2 N–H and O–H groups in total. The van der Waals surface area contributed by atoms with Crippen LogP contribution in [0.1, 0.15) is 10.4 Å². The Kier molecular flexibility index (Phi) is 3.91. The molecule has 0 saturated heterocycles. The van der Waals surface area contributed by atoms with Crippen molar-refractivity contribution in [2.45, 2.75) is 6.43 Å². The van der Waals surface area contributed by atoms with Gasteiger partial charge in [-0.15, -0.1) is 0 Å². The molecule has 8 heteroatoms. The summed E-state index contributed by atoms with van der Waals surface area (Å²) < 4.78 is 23.7. The van der Waals surface area contributed by atoms with Crippen LogP contribution in [0.25, 0.3) is 0 Å². The lowest BCUT2D eigenvalue weighted by Gasteiger charge is -2.05. The summed E-state index contributed by atoms with van der Waals surface area (Å²) in [6.45, 7) is -0.911.